The molecule has 1 amide bonds. The van der Waals surface area contributed by atoms with Crippen molar-refractivity contribution in [1.29, 1.82) is 0 Å². The molecule has 1 atom stereocenters. The number of carbonyl (C=O) groups is 1. The van der Waals surface area contributed by atoms with E-state index < -0.39 is 6.04 Å². The summed E-state index contributed by atoms with van der Waals surface area (Å²) in [5, 5.41) is 2.71. The van der Waals surface area contributed by atoms with Crippen molar-refractivity contribution in [1.82, 2.24) is 0 Å². The van der Waals surface area contributed by atoms with Gasteiger partial charge in [0.1, 0.15) is 11.8 Å². The average molecular weight is 289 g/mol. The molecule has 1 unspecified atom stereocenters. The molecule has 108 valence electrons. The second-order valence-electron chi connectivity index (χ2n) is 4.24. The zero-order valence-corrected chi connectivity index (χ0v) is 12.2. The quantitative estimate of drug-likeness (QED) is 0.837. The minimum Gasteiger partial charge on any atom is -0.491 e. The zero-order valence-electron chi connectivity index (χ0n) is 11.4. The van der Waals surface area contributed by atoms with Crippen molar-refractivity contribution in [2.24, 2.45) is 5.73 Å². The van der Waals surface area contributed by atoms with Gasteiger partial charge in [0.05, 0.1) is 12.7 Å². The Bertz CT molecular complexity index is 382. The number of ether oxygens (including phenoxy) is 2. The monoisotopic (exact) mass is 288 g/mol. The smallest absolute Gasteiger partial charge is 0.243 e. The van der Waals surface area contributed by atoms with E-state index in [0.717, 1.165) is 5.75 Å². The fraction of sp³-hybridized carbons (Fsp3) is 0.462. The Morgan fingerprint density at radius 3 is 2.37 bits per heavy atom. The van der Waals surface area contributed by atoms with Crippen LogP contribution >= 0.6 is 12.4 Å². The summed E-state index contributed by atoms with van der Waals surface area (Å²) in [5.74, 6) is 0.499. The van der Waals surface area contributed by atoms with Crippen LogP contribution in [0, 0.1) is 0 Å². The lowest BCUT2D eigenvalue weighted by atomic mass is 10.2. The number of halogens is 1. The molecule has 0 bridgehead atoms. The number of nitrogens with two attached hydrogens (primary N) is 1. The first kappa shape index (κ1) is 17.7. The topological polar surface area (TPSA) is 73.6 Å². The van der Waals surface area contributed by atoms with Crippen molar-refractivity contribution in [3.8, 4) is 5.75 Å². The molecule has 1 aromatic carbocycles. The lowest BCUT2D eigenvalue weighted by Crippen LogP contribution is -2.39. The van der Waals surface area contributed by atoms with Crippen LogP contribution in [0.5, 0.6) is 5.75 Å². The fourth-order valence-electron chi connectivity index (χ4n) is 1.38. The molecule has 1 aromatic rings. The molecule has 0 saturated carbocycles. The summed E-state index contributed by atoms with van der Waals surface area (Å²) in [7, 11) is 1.51. The molecule has 0 aliphatic rings. The average Bonchev–Trinajstić information content (AvgIpc) is 2.31. The Kier molecular flexibility index (Phi) is 8.14. The first-order valence-electron chi connectivity index (χ1n) is 5.85. The molecular formula is C13H21ClN2O3. The molecule has 0 aliphatic carbocycles. The van der Waals surface area contributed by atoms with E-state index in [4.69, 9.17) is 15.2 Å². The normalized spacial score (nSPS) is 11.6. The van der Waals surface area contributed by atoms with Gasteiger partial charge < -0.3 is 20.5 Å². The number of anilines is 1. The van der Waals surface area contributed by atoms with E-state index in [2.05, 4.69) is 5.32 Å². The van der Waals surface area contributed by atoms with Crippen LogP contribution in [0.2, 0.25) is 0 Å². The maximum absolute atomic E-state index is 11.6. The summed E-state index contributed by atoms with van der Waals surface area (Å²) in [6.45, 7) is 4.11. The number of nitrogens with one attached hydrogen (secondary N) is 1. The standard InChI is InChI=1S/C13H20N2O3.ClH/c1-9(2)18-11-6-4-10(5-7-11)15-13(16)12(14)8-17-3;/h4-7,9,12H,8,14H2,1-3H3,(H,15,16);1H. The highest BCUT2D eigenvalue weighted by Gasteiger charge is 2.12. The van der Waals surface area contributed by atoms with Gasteiger partial charge >= 0.3 is 0 Å². The van der Waals surface area contributed by atoms with Crippen LogP contribution in [0.4, 0.5) is 5.69 Å². The van der Waals surface area contributed by atoms with E-state index in [-0.39, 0.29) is 31.0 Å². The Balaban J connectivity index is 0.00000324. The molecule has 0 aliphatic heterocycles. The number of benzene rings is 1. The van der Waals surface area contributed by atoms with Gasteiger partial charge in [-0.2, -0.15) is 0 Å². The van der Waals surface area contributed by atoms with Crippen LogP contribution < -0.4 is 15.8 Å². The highest BCUT2D eigenvalue weighted by Crippen LogP contribution is 2.16. The van der Waals surface area contributed by atoms with Crippen LogP contribution in [-0.2, 0) is 9.53 Å². The van der Waals surface area contributed by atoms with E-state index in [1.807, 2.05) is 13.8 Å². The van der Waals surface area contributed by atoms with Crippen LogP contribution in [0.1, 0.15) is 13.8 Å². The highest BCUT2D eigenvalue weighted by atomic mass is 35.5. The van der Waals surface area contributed by atoms with E-state index in [0.29, 0.717) is 5.69 Å². The van der Waals surface area contributed by atoms with Gasteiger partial charge in [0.15, 0.2) is 0 Å². The van der Waals surface area contributed by atoms with Gasteiger partial charge in [-0.25, -0.2) is 0 Å². The maximum Gasteiger partial charge on any atom is 0.243 e. The minimum absolute atomic E-state index is 0. The molecular weight excluding hydrogens is 268 g/mol. The van der Waals surface area contributed by atoms with Crippen LogP contribution in [0.25, 0.3) is 0 Å². The third-order valence-corrected chi connectivity index (χ3v) is 2.18. The second-order valence-corrected chi connectivity index (χ2v) is 4.24. The van der Waals surface area contributed by atoms with Gasteiger partial charge in [0, 0.05) is 12.8 Å². The van der Waals surface area contributed by atoms with Gasteiger partial charge in [0.25, 0.3) is 0 Å². The highest BCUT2D eigenvalue weighted by molar-refractivity contribution is 5.94. The molecule has 6 heteroatoms. The molecule has 1 rings (SSSR count). The van der Waals surface area contributed by atoms with Gasteiger partial charge in [-0.1, -0.05) is 0 Å². The Hall–Kier alpha value is -1.30. The summed E-state index contributed by atoms with van der Waals surface area (Å²) in [4.78, 5) is 11.6. The molecule has 3 N–H and O–H groups in total. The third kappa shape index (κ3) is 6.42. The SMILES string of the molecule is COCC(N)C(=O)Nc1ccc(OC(C)C)cc1.Cl. The molecule has 0 radical (unpaired) electrons. The van der Waals surface area contributed by atoms with Crippen molar-refractivity contribution in [3.63, 3.8) is 0 Å². The summed E-state index contributed by atoms with van der Waals surface area (Å²) >= 11 is 0. The van der Waals surface area contributed by atoms with E-state index in [1.165, 1.54) is 7.11 Å². The number of hydrogen-bond acceptors (Lipinski definition) is 4. The lowest BCUT2D eigenvalue weighted by molar-refractivity contribution is -0.118. The molecule has 0 aromatic heterocycles. The maximum atomic E-state index is 11.6. The molecule has 19 heavy (non-hydrogen) atoms. The Morgan fingerprint density at radius 1 is 1.32 bits per heavy atom. The lowest BCUT2D eigenvalue weighted by Gasteiger charge is -2.12. The first-order chi connectivity index (χ1) is 8.52. The van der Waals surface area contributed by atoms with Crippen molar-refractivity contribution in [2.75, 3.05) is 19.0 Å². The first-order valence-corrected chi connectivity index (χ1v) is 5.85. The number of rotatable bonds is 6. The summed E-state index contributed by atoms with van der Waals surface area (Å²) in [5.41, 5.74) is 6.29. The molecule has 0 heterocycles. The number of methoxy groups -OCH3 is 1. The van der Waals surface area contributed by atoms with E-state index in [9.17, 15) is 4.79 Å². The zero-order chi connectivity index (χ0) is 13.5. The van der Waals surface area contributed by atoms with Gasteiger partial charge in [-0.3, -0.25) is 4.79 Å². The Labute approximate surface area is 119 Å². The van der Waals surface area contributed by atoms with E-state index >= 15 is 0 Å². The summed E-state index contributed by atoms with van der Waals surface area (Å²) < 4.78 is 10.3. The Morgan fingerprint density at radius 2 is 1.89 bits per heavy atom. The molecule has 0 spiro atoms. The summed E-state index contributed by atoms with van der Waals surface area (Å²) in [6, 6.07) is 6.49. The molecule has 0 fully saturated rings. The largest absolute Gasteiger partial charge is 0.491 e. The predicted molar refractivity (Wildman–Crippen MR) is 77.9 cm³/mol. The number of carbonyl (C=O) groups excluding carboxylic acids is 1. The predicted octanol–water partition coefficient (Wildman–Crippen LogP) is 1.81. The van der Waals surface area contributed by atoms with Crippen molar-refractivity contribution < 1.29 is 14.3 Å². The van der Waals surface area contributed by atoms with Crippen molar-refractivity contribution >= 4 is 24.0 Å². The number of amides is 1. The van der Waals surface area contributed by atoms with Gasteiger partial charge in [-0.15, -0.1) is 12.4 Å². The van der Waals surface area contributed by atoms with Crippen LogP contribution in [0.3, 0.4) is 0 Å². The van der Waals surface area contributed by atoms with Gasteiger partial charge in [-0.05, 0) is 38.1 Å². The third-order valence-electron chi connectivity index (χ3n) is 2.18. The second kappa shape index (κ2) is 8.74. The fourth-order valence-corrected chi connectivity index (χ4v) is 1.38. The molecule has 5 nitrogen and oxygen atoms in total. The molecule has 0 saturated heterocycles. The van der Waals surface area contributed by atoms with Gasteiger partial charge in [0.2, 0.25) is 5.91 Å². The number of hydrogen-bond donors (Lipinski definition) is 2. The van der Waals surface area contributed by atoms with E-state index in [1.54, 1.807) is 24.3 Å². The van der Waals surface area contributed by atoms with Crippen molar-refractivity contribution in [2.45, 2.75) is 26.0 Å². The summed E-state index contributed by atoms with van der Waals surface area (Å²) in [6.07, 6.45) is 0.126. The van der Waals surface area contributed by atoms with Crippen molar-refractivity contribution in [3.05, 3.63) is 24.3 Å². The van der Waals surface area contributed by atoms with Crippen LogP contribution in [0.15, 0.2) is 24.3 Å². The minimum atomic E-state index is -0.665. The van der Waals surface area contributed by atoms with Crippen LogP contribution in [-0.4, -0.2) is 31.8 Å².